The van der Waals surface area contributed by atoms with Crippen molar-refractivity contribution in [2.45, 2.75) is 70.9 Å². The number of aromatic nitrogens is 2. The molecule has 4 rings (SSSR count). The van der Waals surface area contributed by atoms with E-state index in [4.69, 9.17) is 4.42 Å². The third-order valence-corrected chi connectivity index (χ3v) is 6.33. The molecule has 2 fully saturated rings. The maximum Gasteiger partial charge on any atom is 0.238 e. The summed E-state index contributed by atoms with van der Waals surface area (Å²) in [4.78, 5) is 17.2. The number of piperidine rings is 2. The molecule has 1 aromatic carbocycles. The maximum absolute atomic E-state index is 12.7. The molecule has 2 aliphatic heterocycles. The van der Waals surface area contributed by atoms with Gasteiger partial charge in [-0.3, -0.25) is 9.69 Å². The third kappa shape index (κ3) is 5.09. The predicted octanol–water partition coefficient (Wildman–Crippen LogP) is 4.55. The van der Waals surface area contributed by atoms with Crippen LogP contribution in [0.15, 0.2) is 34.7 Å². The molecule has 0 radical (unpaired) electrons. The Hall–Kier alpha value is -2.21. The van der Waals surface area contributed by atoms with Crippen molar-refractivity contribution < 1.29 is 9.21 Å². The van der Waals surface area contributed by atoms with Crippen molar-refractivity contribution in [3.63, 3.8) is 0 Å². The minimum Gasteiger partial charge on any atom is -0.423 e. The highest BCUT2D eigenvalue weighted by atomic mass is 16.4. The number of nitrogens with zero attached hydrogens (tertiary/aromatic N) is 4. The fourth-order valence-electron chi connectivity index (χ4n) is 4.68. The minimum atomic E-state index is -0.0515. The number of benzene rings is 1. The van der Waals surface area contributed by atoms with Gasteiger partial charge in [-0.05, 0) is 56.7 Å². The van der Waals surface area contributed by atoms with Crippen LogP contribution in [-0.2, 0) is 11.3 Å². The van der Waals surface area contributed by atoms with E-state index in [0.29, 0.717) is 24.1 Å². The Bertz CT molecular complexity index is 812. The molecule has 30 heavy (non-hydrogen) atoms. The quantitative estimate of drug-likeness (QED) is 0.699. The van der Waals surface area contributed by atoms with E-state index in [2.05, 4.69) is 59.3 Å². The lowest BCUT2D eigenvalue weighted by atomic mass is 9.96. The van der Waals surface area contributed by atoms with Gasteiger partial charge < -0.3 is 9.32 Å². The van der Waals surface area contributed by atoms with Crippen molar-refractivity contribution in [3.8, 4) is 0 Å². The molecule has 1 unspecified atom stereocenters. The van der Waals surface area contributed by atoms with Crippen LogP contribution in [0.25, 0.3) is 0 Å². The summed E-state index contributed by atoms with van der Waals surface area (Å²) in [6.07, 6.45) is 5.73. The van der Waals surface area contributed by atoms with Gasteiger partial charge in [0.05, 0.1) is 0 Å². The summed E-state index contributed by atoms with van der Waals surface area (Å²) in [5, 5.41) is 8.80. The summed E-state index contributed by atoms with van der Waals surface area (Å²) in [5.41, 5.74) is 1.36. The Morgan fingerprint density at radius 1 is 1.03 bits per heavy atom. The number of amides is 1. The minimum absolute atomic E-state index is 0.0515. The average molecular weight is 411 g/mol. The summed E-state index contributed by atoms with van der Waals surface area (Å²) >= 11 is 0. The summed E-state index contributed by atoms with van der Waals surface area (Å²) in [6, 6.07) is 10.6. The molecule has 162 valence electrons. The first kappa shape index (κ1) is 21.0. The topological polar surface area (TPSA) is 62.5 Å². The highest BCUT2D eigenvalue weighted by Crippen LogP contribution is 2.34. The second-order valence-corrected chi connectivity index (χ2v) is 9.21. The first-order valence-electron chi connectivity index (χ1n) is 11.5. The van der Waals surface area contributed by atoms with Gasteiger partial charge in [0, 0.05) is 25.4 Å². The van der Waals surface area contributed by atoms with Crippen LogP contribution < -0.4 is 0 Å². The fraction of sp³-hybridized carbons (Fsp3) is 0.625. The van der Waals surface area contributed by atoms with E-state index in [1.165, 1.54) is 5.56 Å². The smallest absolute Gasteiger partial charge is 0.238 e. The lowest BCUT2D eigenvalue weighted by Gasteiger charge is -2.34. The zero-order valence-corrected chi connectivity index (χ0v) is 18.3. The highest BCUT2D eigenvalue weighted by Gasteiger charge is 2.33. The molecule has 1 atom stereocenters. The van der Waals surface area contributed by atoms with E-state index in [1.807, 2.05) is 4.90 Å². The van der Waals surface area contributed by atoms with Crippen molar-refractivity contribution in [1.82, 2.24) is 20.0 Å². The van der Waals surface area contributed by atoms with Gasteiger partial charge in [0.15, 0.2) is 0 Å². The Kier molecular flexibility index (Phi) is 6.82. The summed E-state index contributed by atoms with van der Waals surface area (Å²) < 4.78 is 6.17. The summed E-state index contributed by atoms with van der Waals surface area (Å²) in [7, 11) is 0. The Morgan fingerprint density at radius 3 is 2.50 bits per heavy atom. The van der Waals surface area contributed by atoms with Crippen molar-refractivity contribution in [2.24, 2.45) is 5.92 Å². The van der Waals surface area contributed by atoms with E-state index in [1.54, 1.807) is 0 Å². The molecule has 3 heterocycles. The third-order valence-electron chi connectivity index (χ3n) is 6.33. The van der Waals surface area contributed by atoms with Gasteiger partial charge in [-0.2, -0.15) is 0 Å². The number of likely N-dealkylation sites (tertiary alicyclic amines) is 2. The zero-order chi connectivity index (χ0) is 20.9. The first-order valence-corrected chi connectivity index (χ1v) is 11.5. The average Bonchev–Trinajstić information content (AvgIpc) is 3.25. The SMILES string of the molecule is CC(C)CC(=O)N1CCCCC1c1nnc(C2CCN(Cc3ccccc3)CC2)o1. The number of carbonyl (C=O) groups excluding carboxylic acids is 1. The Morgan fingerprint density at radius 2 is 1.77 bits per heavy atom. The van der Waals surface area contributed by atoms with Crippen molar-refractivity contribution in [1.29, 1.82) is 0 Å². The van der Waals surface area contributed by atoms with E-state index < -0.39 is 0 Å². The van der Waals surface area contributed by atoms with Gasteiger partial charge in [0.1, 0.15) is 6.04 Å². The molecule has 2 saturated heterocycles. The van der Waals surface area contributed by atoms with Gasteiger partial charge in [-0.25, -0.2) is 0 Å². The van der Waals surface area contributed by atoms with Crippen LogP contribution in [0.3, 0.4) is 0 Å². The Labute approximate surface area is 179 Å². The number of carbonyl (C=O) groups is 1. The second-order valence-electron chi connectivity index (χ2n) is 9.21. The van der Waals surface area contributed by atoms with Gasteiger partial charge in [-0.15, -0.1) is 10.2 Å². The number of rotatable bonds is 6. The van der Waals surface area contributed by atoms with E-state index in [-0.39, 0.29) is 11.9 Å². The van der Waals surface area contributed by atoms with Crippen molar-refractivity contribution >= 4 is 5.91 Å². The molecule has 1 aromatic heterocycles. The zero-order valence-electron chi connectivity index (χ0n) is 18.3. The first-order chi connectivity index (χ1) is 14.6. The molecule has 6 heteroatoms. The summed E-state index contributed by atoms with van der Waals surface area (Å²) in [6.45, 7) is 8.06. The maximum atomic E-state index is 12.7. The molecule has 0 spiro atoms. The van der Waals surface area contributed by atoms with E-state index in [9.17, 15) is 4.79 Å². The van der Waals surface area contributed by atoms with E-state index >= 15 is 0 Å². The Balaban J connectivity index is 1.36. The predicted molar refractivity (Wildman–Crippen MR) is 116 cm³/mol. The standard InChI is InChI=1S/C24H34N4O2/c1-18(2)16-22(29)28-13-7-6-10-21(28)24-26-25-23(30-24)20-11-14-27(15-12-20)17-19-8-4-3-5-9-19/h3-5,8-9,18,20-21H,6-7,10-17H2,1-2H3. The van der Waals surface area contributed by atoms with Crippen molar-refractivity contribution in [2.75, 3.05) is 19.6 Å². The molecule has 1 amide bonds. The van der Waals surface area contributed by atoms with Crippen LogP contribution in [0.5, 0.6) is 0 Å². The van der Waals surface area contributed by atoms with Crippen LogP contribution in [-0.4, -0.2) is 45.5 Å². The molecule has 0 saturated carbocycles. The lowest BCUT2D eigenvalue weighted by Crippen LogP contribution is -2.39. The lowest BCUT2D eigenvalue weighted by molar-refractivity contribution is -0.136. The van der Waals surface area contributed by atoms with Crippen LogP contribution in [0.4, 0.5) is 0 Å². The van der Waals surface area contributed by atoms with Crippen LogP contribution in [0.2, 0.25) is 0 Å². The summed E-state index contributed by atoms with van der Waals surface area (Å²) in [5.74, 6) is 2.28. The molecule has 6 nitrogen and oxygen atoms in total. The number of hydrogen-bond acceptors (Lipinski definition) is 5. The van der Waals surface area contributed by atoms with Crippen LogP contribution in [0.1, 0.15) is 81.7 Å². The molecule has 2 aromatic rings. The molecule has 0 N–H and O–H groups in total. The molecular weight excluding hydrogens is 376 g/mol. The van der Waals surface area contributed by atoms with Gasteiger partial charge in [0.25, 0.3) is 0 Å². The molecule has 0 aliphatic carbocycles. The van der Waals surface area contributed by atoms with Gasteiger partial charge in [-0.1, -0.05) is 44.2 Å². The monoisotopic (exact) mass is 410 g/mol. The van der Waals surface area contributed by atoms with E-state index in [0.717, 1.165) is 64.2 Å². The second kappa shape index (κ2) is 9.73. The van der Waals surface area contributed by atoms with Gasteiger partial charge in [0.2, 0.25) is 17.7 Å². The molecular formula is C24H34N4O2. The number of hydrogen-bond donors (Lipinski definition) is 0. The molecule has 0 bridgehead atoms. The normalized spacial score (nSPS) is 21.3. The molecule has 2 aliphatic rings. The van der Waals surface area contributed by atoms with Crippen LogP contribution in [0, 0.1) is 5.92 Å². The highest BCUT2D eigenvalue weighted by molar-refractivity contribution is 5.76. The van der Waals surface area contributed by atoms with Crippen LogP contribution >= 0.6 is 0 Å². The largest absolute Gasteiger partial charge is 0.423 e. The fourth-order valence-corrected chi connectivity index (χ4v) is 4.68. The van der Waals surface area contributed by atoms with Gasteiger partial charge >= 0.3 is 0 Å². The van der Waals surface area contributed by atoms with Crippen molar-refractivity contribution in [3.05, 3.63) is 47.7 Å².